The molecule has 0 aromatic heterocycles. The molecule has 1 saturated carbocycles. The van der Waals surface area contributed by atoms with Crippen molar-refractivity contribution in [3.05, 3.63) is 35.9 Å². The van der Waals surface area contributed by atoms with Gasteiger partial charge in [-0.05, 0) is 32.4 Å². The van der Waals surface area contributed by atoms with Crippen LogP contribution in [0.5, 0.6) is 0 Å². The molecule has 2 rings (SSSR count). The summed E-state index contributed by atoms with van der Waals surface area (Å²) >= 11 is 0. The fourth-order valence-corrected chi connectivity index (χ4v) is 3.30. The van der Waals surface area contributed by atoms with E-state index in [1.54, 1.807) is 0 Å². The molecule has 1 atom stereocenters. The van der Waals surface area contributed by atoms with Crippen LogP contribution in [0.25, 0.3) is 0 Å². The highest BCUT2D eigenvalue weighted by molar-refractivity contribution is 5.76. The minimum atomic E-state index is 0.0462. The molecule has 4 heteroatoms. The molecule has 122 valence electrons. The van der Waals surface area contributed by atoms with Crippen LogP contribution in [-0.4, -0.2) is 31.6 Å². The molecule has 0 radical (unpaired) electrons. The van der Waals surface area contributed by atoms with E-state index < -0.39 is 0 Å². The zero-order valence-corrected chi connectivity index (χ0v) is 13.8. The van der Waals surface area contributed by atoms with Crippen LogP contribution in [0.4, 0.5) is 0 Å². The average Bonchev–Trinajstić information content (AvgIpc) is 3.00. The van der Waals surface area contributed by atoms with Crippen molar-refractivity contribution < 1.29 is 4.79 Å². The maximum atomic E-state index is 11.9. The van der Waals surface area contributed by atoms with E-state index in [0.717, 1.165) is 25.9 Å². The third kappa shape index (κ3) is 4.82. The van der Waals surface area contributed by atoms with Gasteiger partial charge in [-0.25, -0.2) is 0 Å². The van der Waals surface area contributed by atoms with Crippen molar-refractivity contribution in [2.45, 2.75) is 50.6 Å². The van der Waals surface area contributed by atoms with Gasteiger partial charge in [-0.1, -0.05) is 43.2 Å². The molecule has 1 aliphatic rings. The highest BCUT2D eigenvalue weighted by atomic mass is 16.1. The number of rotatable bonds is 8. The maximum absolute atomic E-state index is 11.9. The molecule has 0 bridgehead atoms. The van der Waals surface area contributed by atoms with E-state index in [9.17, 15) is 4.79 Å². The topological polar surface area (TPSA) is 53.2 Å². The fourth-order valence-electron chi connectivity index (χ4n) is 3.30. The zero-order valence-electron chi connectivity index (χ0n) is 13.8. The Morgan fingerprint density at radius 2 is 1.91 bits per heavy atom. The van der Waals surface area contributed by atoms with Crippen LogP contribution in [0.3, 0.4) is 0 Å². The molecule has 1 unspecified atom stereocenters. The minimum absolute atomic E-state index is 0.0462. The normalized spacial score (nSPS) is 18.1. The molecule has 0 heterocycles. The quantitative estimate of drug-likeness (QED) is 0.691. The van der Waals surface area contributed by atoms with Crippen LogP contribution < -0.4 is 16.0 Å². The van der Waals surface area contributed by atoms with Gasteiger partial charge in [-0.2, -0.15) is 0 Å². The molecule has 1 fully saturated rings. The summed E-state index contributed by atoms with van der Waals surface area (Å²) < 4.78 is 0. The molecular formula is C18H29N3O. The second-order valence-corrected chi connectivity index (χ2v) is 6.39. The van der Waals surface area contributed by atoms with Crippen LogP contribution >= 0.6 is 0 Å². The third-order valence-corrected chi connectivity index (χ3v) is 4.61. The van der Waals surface area contributed by atoms with Crippen molar-refractivity contribution in [1.29, 1.82) is 0 Å². The minimum Gasteiger partial charge on any atom is -0.354 e. The number of hydrogen-bond acceptors (Lipinski definition) is 3. The summed E-state index contributed by atoms with van der Waals surface area (Å²) in [5, 5.41) is 9.92. The van der Waals surface area contributed by atoms with E-state index in [1.807, 2.05) is 13.1 Å². The Morgan fingerprint density at radius 3 is 2.55 bits per heavy atom. The highest BCUT2D eigenvalue weighted by Crippen LogP contribution is 2.31. The van der Waals surface area contributed by atoms with Crippen molar-refractivity contribution in [2.24, 2.45) is 0 Å². The largest absolute Gasteiger partial charge is 0.354 e. The van der Waals surface area contributed by atoms with Crippen LogP contribution in [0.15, 0.2) is 30.3 Å². The summed E-state index contributed by atoms with van der Waals surface area (Å²) in [6.07, 6.45) is 5.29. The second-order valence-electron chi connectivity index (χ2n) is 6.39. The van der Waals surface area contributed by atoms with E-state index in [2.05, 4.69) is 47.1 Å². The lowest BCUT2D eigenvalue weighted by Crippen LogP contribution is -2.52. The van der Waals surface area contributed by atoms with E-state index in [1.165, 1.54) is 18.4 Å². The van der Waals surface area contributed by atoms with Crippen molar-refractivity contribution in [3.63, 3.8) is 0 Å². The Hall–Kier alpha value is -1.39. The number of carbonyl (C=O) groups excluding carboxylic acids is 1. The summed E-state index contributed by atoms with van der Waals surface area (Å²) in [5.41, 5.74) is 1.35. The number of benzene rings is 1. The summed E-state index contributed by atoms with van der Waals surface area (Å²) in [6, 6.07) is 10.8. The second kappa shape index (κ2) is 8.30. The van der Waals surface area contributed by atoms with Crippen molar-refractivity contribution in [2.75, 3.05) is 20.1 Å². The Morgan fingerprint density at radius 1 is 1.23 bits per heavy atom. The Labute approximate surface area is 134 Å². The zero-order chi connectivity index (χ0) is 15.8. The number of nitrogens with one attached hydrogen (secondary N) is 3. The molecule has 0 aliphatic heterocycles. The first-order chi connectivity index (χ1) is 10.7. The summed E-state index contributed by atoms with van der Waals surface area (Å²) in [6.45, 7) is 3.66. The van der Waals surface area contributed by atoms with Gasteiger partial charge in [0.15, 0.2) is 0 Å². The molecule has 1 aromatic carbocycles. The van der Waals surface area contributed by atoms with Crippen LogP contribution in [-0.2, 0) is 4.79 Å². The van der Waals surface area contributed by atoms with Crippen molar-refractivity contribution >= 4 is 5.91 Å². The molecule has 3 N–H and O–H groups in total. The van der Waals surface area contributed by atoms with Crippen molar-refractivity contribution in [1.82, 2.24) is 16.0 Å². The van der Waals surface area contributed by atoms with Gasteiger partial charge in [0.2, 0.25) is 5.91 Å². The first kappa shape index (κ1) is 17.0. The monoisotopic (exact) mass is 303 g/mol. The standard InChI is InChI=1S/C18H29N3O/c1-15(16-8-4-3-5-9-16)21-18(11-6-7-12-18)14-20-17(22)10-13-19-2/h3-5,8-9,15,19,21H,6-7,10-14H2,1-2H3,(H,20,22). The van der Waals surface area contributed by atoms with E-state index in [0.29, 0.717) is 12.5 Å². The molecule has 22 heavy (non-hydrogen) atoms. The van der Waals surface area contributed by atoms with Crippen LogP contribution in [0, 0.1) is 0 Å². The predicted molar refractivity (Wildman–Crippen MR) is 90.7 cm³/mol. The van der Waals surface area contributed by atoms with Gasteiger partial charge < -0.3 is 16.0 Å². The van der Waals surface area contributed by atoms with E-state index in [-0.39, 0.29) is 11.4 Å². The molecular weight excluding hydrogens is 274 g/mol. The first-order valence-electron chi connectivity index (χ1n) is 8.39. The van der Waals surface area contributed by atoms with Gasteiger partial charge in [0.1, 0.15) is 0 Å². The van der Waals surface area contributed by atoms with Crippen molar-refractivity contribution in [3.8, 4) is 0 Å². The summed E-state index contributed by atoms with van der Waals surface area (Å²) in [7, 11) is 1.87. The lowest BCUT2D eigenvalue weighted by molar-refractivity contribution is -0.121. The molecule has 1 aliphatic carbocycles. The summed E-state index contributed by atoms with van der Waals surface area (Å²) in [5.74, 6) is 0.134. The molecule has 1 amide bonds. The molecule has 0 saturated heterocycles. The summed E-state index contributed by atoms with van der Waals surface area (Å²) in [4.78, 5) is 11.9. The first-order valence-corrected chi connectivity index (χ1v) is 8.39. The van der Waals surface area contributed by atoms with Gasteiger partial charge in [0.05, 0.1) is 0 Å². The Balaban J connectivity index is 1.92. The highest BCUT2D eigenvalue weighted by Gasteiger charge is 2.35. The lowest BCUT2D eigenvalue weighted by Gasteiger charge is -2.34. The number of amides is 1. The fraction of sp³-hybridized carbons (Fsp3) is 0.611. The third-order valence-electron chi connectivity index (χ3n) is 4.61. The van der Waals surface area contributed by atoms with E-state index in [4.69, 9.17) is 0 Å². The van der Waals surface area contributed by atoms with Gasteiger partial charge in [-0.3, -0.25) is 4.79 Å². The molecule has 1 aromatic rings. The molecule has 0 spiro atoms. The average molecular weight is 303 g/mol. The number of hydrogen-bond donors (Lipinski definition) is 3. The van der Waals surface area contributed by atoms with Gasteiger partial charge in [0, 0.05) is 31.1 Å². The van der Waals surface area contributed by atoms with Gasteiger partial charge in [0.25, 0.3) is 0 Å². The predicted octanol–water partition coefficient (Wildman–Crippen LogP) is 2.38. The SMILES string of the molecule is CNCCC(=O)NCC1(NC(C)c2ccccc2)CCCC1. The Bertz CT molecular complexity index is 455. The van der Waals surface area contributed by atoms with Crippen LogP contribution in [0.1, 0.15) is 50.6 Å². The number of carbonyl (C=O) groups is 1. The van der Waals surface area contributed by atoms with E-state index >= 15 is 0 Å². The maximum Gasteiger partial charge on any atom is 0.221 e. The smallest absolute Gasteiger partial charge is 0.221 e. The van der Waals surface area contributed by atoms with Gasteiger partial charge in [-0.15, -0.1) is 0 Å². The molecule has 4 nitrogen and oxygen atoms in total. The lowest BCUT2D eigenvalue weighted by atomic mass is 9.94. The van der Waals surface area contributed by atoms with Crippen LogP contribution in [0.2, 0.25) is 0 Å². The van der Waals surface area contributed by atoms with Gasteiger partial charge >= 0.3 is 0 Å². The Kier molecular flexibility index (Phi) is 6.40.